The summed E-state index contributed by atoms with van der Waals surface area (Å²) in [6.45, 7) is 5.97. The molecule has 1 aliphatic heterocycles. The topological polar surface area (TPSA) is 125 Å². The van der Waals surface area contributed by atoms with Gasteiger partial charge >= 0.3 is 0 Å². The molecular formula is C24H27N7O2. The van der Waals surface area contributed by atoms with Crippen molar-refractivity contribution in [1.29, 1.82) is 0 Å². The number of aliphatic hydroxyl groups is 1. The zero-order valence-corrected chi connectivity index (χ0v) is 18.7. The molecule has 0 spiro atoms. The average molecular weight is 446 g/mol. The minimum atomic E-state index is -0.731. The molecule has 0 radical (unpaired) electrons. The number of aromatic hydroxyl groups is 1. The summed E-state index contributed by atoms with van der Waals surface area (Å²) >= 11 is 0. The van der Waals surface area contributed by atoms with Crippen LogP contribution < -0.4 is 15.5 Å². The number of anilines is 3. The molecule has 0 aliphatic carbocycles. The Labute approximate surface area is 192 Å². The van der Waals surface area contributed by atoms with Gasteiger partial charge in [0.2, 0.25) is 5.82 Å². The van der Waals surface area contributed by atoms with E-state index in [1.807, 2.05) is 18.2 Å². The average Bonchev–Trinajstić information content (AvgIpc) is 3.00. The van der Waals surface area contributed by atoms with Gasteiger partial charge in [-0.3, -0.25) is 0 Å². The molecule has 0 amide bonds. The van der Waals surface area contributed by atoms with Gasteiger partial charge in [-0.1, -0.05) is 18.1 Å². The standard InChI is InChI=1S/C24H27N7O2/c1-16-10-12-30(13-14-31(16)23-9-11-26-22(27-23)8-7-17(2)32)20-15-19(28-29-24(20)25)18-5-3-4-6-21(18)33/h3-6,9,11,15-17,32-33H,10,12-14H2,1-2H3,(H2,25,29). The van der Waals surface area contributed by atoms with E-state index in [9.17, 15) is 10.2 Å². The van der Waals surface area contributed by atoms with E-state index >= 15 is 0 Å². The maximum Gasteiger partial charge on any atom is 0.206 e. The summed E-state index contributed by atoms with van der Waals surface area (Å²) in [7, 11) is 0. The minimum Gasteiger partial charge on any atom is -0.507 e. The lowest BCUT2D eigenvalue weighted by Crippen LogP contribution is -2.35. The maximum atomic E-state index is 10.2. The summed E-state index contributed by atoms with van der Waals surface area (Å²) < 4.78 is 0. The molecule has 1 aromatic carbocycles. The number of aromatic nitrogens is 4. The highest BCUT2D eigenvalue weighted by molar-refractivity contribution is 5.74. The van der Waals surface area contributed by atoms with Gasteiger partial charge in [-0.25, -0.2) is 9.97 Å². The van der Waals surface area contributed by atoms with Crippen molar-refractivity contribution >= 4 is 17.3 Å². The van der Waals surface area contributed by atoms with E-state index in [4.69, 9.17) is 5.73 Å². The van der Waals surface area contributed by atoms with E-state index < -0.39 is 6.10 Å². The van der Waals surface area contributed by atoms with E-state index in [-0.39, 0.29) is 11.8 Å². The Morgan fingerprint density at radius 1 is 1.15 bits per heavy atom. The first kappa shape index (κ1) is 22.3. The van der Waals surface area contributed by atoms with Gasteiger partial charge in [-0.2, -0.15) is 0 Å². The quantitative estimate of drug-likeness (QED) is 0.520. The van der Waals surface area contributed by atoms with Crippen LogP contribution in [0.25, 0.3) is 11.3 Å². The number of nitrogens with two attached hydrogens (primary N) is 1. The number of hydrogen-bond acceptors (Lipinski definition) is 9. The van der Waals surface area contributed by atoms with Gasteiger partial charge in [0.25, 0.3) is 0 Å². The normalized spacial score (nSPS) is 17.1. The molecular weight excluding hydrogens is 418 g/mol. The Morgan fingerprint density at radius 2 is 1.97 bits per heavy atom. The van der Waals surface area contributed by atoms with Crippen LogP contribution in [0.15, 0.2) is 42.6 Å². The summed E-state index contributed by atoms with van der Waals surface area (Å²) in [5.74, 6) is 7.18. The fraction of sp³-hybridized carbons (Fsp3) is 0.333. The molecule has 2 atom stereocenters. The van der Waals surface area contributed by atoms with Crippen molar-refractivity contribution in [3.05, 3.63) is 48.4 Å². The van der Waals surface area contributed by atoms with E-state index in [1.54, 1.807) is 31.3 Å². The number of nitrogens with zero attached hydrogens (tertiary/aromatic N) is 6. The molecule has 1 fully saturated rings. The van der Waals surface area contributed by atoms with Crippen LogP contribution >= 0.6 is 0 Å². The first-order valence-electron chi connectivity index (χ1n) is 10.9. The van der Waals surface area contributed by atoms with Crippen LogP contribution in [-0.2, 0) is 0 Å². The van der Waals surface area contributed by atoms with E-state index in [1.165, 1.54) is 0 Å². The van der Waals surface area contributed by atoms with Crippen molar-refractivity contribution in [2.24, 2.45) is 0 Å². The van der Waals surface area contributed by atoms with Crippen LogP contribution in [0.2, 0.25) is 0 Å². The van der Waals surface area contributed by atoms with Crippen molar-refractivity contribution in [1.82, 2.24) is 20.2 Å². The third kappa shape index (κ3) is 5.13. The molecule has 4 N–H and O–H groups in total. The van der Waals surface area contributed by atoms with E-state index in [0.717, 1.165) is 31.0 Å². The number of aliphatic hydroxyl groups excluding tert-OH is 1. The van der Waals surface area contributed by atoms with Gasteiger partial charge in [0.1, 0.15) is 17.7 Å². The predicted octanol–water partition coefficient (Wildman–Crippen LogP) is 2.06. The third-order valence-corrected chi connectivity index (χ3v) is 5.61. The summed E-state index contributed by atoms with van der Waals surface area (Å²) in [6, 6.07) is 11.0. The SMILES string of the molecule is CC(O)C#Cc1nccc(N2CCN(c3cc(-c4ccccc4O)nnc3N)CCC2C)n1. The van der Waals surface area contributed by atoms with Crippen molar-refractivity contribution in [2.45, 2.75) is 32.4 Å². The fourth-order valence-corrected chi connectivity index (χ4v) is 3.85. The molecule has 9 heteroatoms. The highest BCUT2D eigenvalue weighted by atomic mass is 16.3. The van der Waals surface area contributed by atoms with Gasteiger partial charge in [0.05, 0.1) is 11.4 Å². The molecule has 0 bridgehead atoms. The molecule has 0 saturated carbocycles. The highest BCUT2D eigenvalue weighted by Gasteiger charge is 2.24. The smallest absolute Gasteiger partial charge is 0.206 e. The van der Waals surface area contributed by atoms with Gasteiger partial charge in [-0.05, 0) is 50.5 Å². The molecule has 1 saturated heterocycles. The second-order valence-electron chi connectivity index (χ2n) is 8.02. The van der Waals surface area contributed by atoms with Gasteiger partial charge in [0.15, 0.2) is 5.82 Å². The maximum absolute atomic E-state index is 10.2. The number of phenols is 1. The fourth-order valence-electron chi connectivity index (χ4n) is 3.85. The van der Waals surface area contributed by atoms with Gasteiger partial charge < -0.3 is 25.7 Å². The summed E-state index contributed by atoms with van der Waals surface area (Å²) in [5.41, 5.74) is 8.18. The number of hydrogen-bond donors (Lipinski definition) is 3. The second kappa shape index (κ2) is 9.71. The second-order valence-corrected chi connectivity index (χ2v) is 8.02. The van der Waals surface area contributed by atoms with Crippen molar-refractivity contribution in [3.63, 3.8) is 0 Å². The number of benzene rings is 1. The predicted molar refractivity (Wildman–Crippen MR) is 128 cm³/mol. The molecule has 2 aromatic heterocycles. The Morgan fingerprint density at radius 3 is 2.76 bits per heavy atom. The molecule has 1 aliphatic rings. The van der Waals surface area contributed by atoms with Crippen LogP contribution in [0.3, 0.4) is 0 Å². The number of para-hydroxylation sites is 1. The van der Waals surface area contributed by atoms with Crippen LogP contribution in [0.1, 0.15) is 26.1 Å². The third-order valence-electron chi connectivity index (χ3n) is 5.61. The van der Waals surface area contributed by atoms with Crippen LogP contribution in [-0.4, -0.2) is 62.2 Å². The summed E-state index contributed by atoms with van der Waals surface area (Å²) in [4.78, 5) is 13.2. The Bertz CT molecular complexity index is 1190. The molecule has 33 heavy (non-hydrogen) atoms. The largest absolute Gasteiger partial charge is 0.507 e. The molecule has 2 unspecified atom stereocenters. The number of nitrogen functional groups attached to an aromatic ring is 1. The Kier molecular flexibility index (Phi) is 6.56. The molecule has 3 aromatic rings. The zero-order valence-electron chi connectivity index (χ0n) is 18.7. The van der Waals surface area contributed by atoms with Gasteiger partial charge in [-0.15, -0.1) is 10.2 Å². The van der Waals surface area contributed by atoms with Crippen molar-refractivity contribution in [3.8, 4) is 28.8 Å². The van der Waals surface area contributed by atoms with Crippen LogP contribution in [0.5, 0.6) is 5.75 Å². The first-order chi connectivity index (χ1) is 15.9. The van der Waals surface area contributed by atoms with Crippen LogP contribution in [0.4, 0.5) is 17.3 Å². The highest BCUT2D eigenvalue weighted by Crippen LogP contribution is 2.32. The summed E-state index contributed by atoms with van der Waals surface area (Å²) in [5, 5.41) is 27.9. The van der Waals surface area contributed by atoms with Gasteiger partial charge in [0, 0.05) is 37.4 Å². The lowest BCUT2D eigenvalue weighted by atomic mass is 10.1. The summed E-state index contributed by atoms with van der Waals surface area (Å²) in [6.07, 6.45) is 1.84. The number of phenolic OH excluding ortho intramolecular Hbond substituents is 1. The van der Waals surface area contributed by atoms with E-state index in [2.05, 4.69) is 48.7 Å². The zero-order chi connectivity index (χ0) is 23.4. The lowest BCUT2D eigenvalue weighted by Gasteiger charge is -2.28. The monoisotopic (exact) mass is 445 g/mol. The molecule has 170 valence electrons. The van der Waals surface area contributed by atoms with Crippen LogP contribution in [0, 0.1) is 11.8 Å². The van der Waals surface area contributed by atoms with Crippen molar-refractivity contribution < 1.29 is 10.2 Å². The first-order valence-corrected chi connectivity index (χ1v) is 10.9. The minimum absolute atomic E-state index is 0.149. The molecule has 3 heterocycles. The molecule has 4 rings (SSSR count). The van der Waals surface area contributed by atoms with Crippen molar-refractivity contribution in [2.75, 3.05) is 35.2 Å². The van der Waals surface area contributed by atoms with E-state index in [0.29, 0.717) is 29.4 Å². The molecule has 9 nitrogen and oxygen atoms in total. The lowest BCUT2D eigenvalue weighted by molar-refractivity contribution is 0.253. The Balaban J connectivity index is 1.57. The Hall–Kier alpha value is -3.90. The number of rotatable bonds is 3.